The van der Waals surface area contributed by atoms with Gasteiger partial charge in [-0.05, 0) is 26.0 Å². The van der Waals surface area contributed by atoms with Gasteiger partial charge in [-0.15, -0.1) is 11.8 Å². The van der Waals surface area contributed by atoms with Crippen molar-refractivity contribution in [2.45, 2.75) is 24.9 Å². The Kier molecular flexibility index (Phi) is 4.06. The SMILES string of the molecule is Cc1noc([C@@H](C)SCc2cnn(-c3ccccc3)c2)n1. The largest absolute Gasteiger partial charge is 0.338 e. The Bertz CT molecular complexity index is 707. The summed E-state index contributed by atoms with van der Waals surface area (Å²) in [6, 6.07) is 10.1. The van der Waals surface area contributed by atoms with E-state index in [4.69, 9.17) is 4.52 Å². The number of hydrogen-bond acceptors (Lipinski definition) is 5. The lowest BCUT2D eigenvalue weighted by molar-refractivity contribution is 0.376. The highest BCUT2D eigenvalue weighted by Crippen LogP contribution is 2.29. The normalized spacial score (nSPS) is 12.5. The van der Waals surface area contributed by atoms with Crippen molar-refractivity contribution >= 4 is 11.8 Å². The first-order valence-electron chi connectivity index (χ1n) is 6.73. The summed E-state index contributed by atoms with van der Waals surface area (Å²) in [4.78, 5) is 4.26. The number of para-hydroxylation sites is 1. The van der Waals surface area contributed by atoms with Crippen molar-refractivity contribution in [1.29, 1.82) is 0 Å². The van der Waals surface area contributed by atoms with Gasteiger partial charge in [-0.3, -0.25) is 0 Å². The molecule has 0 saturated carbocycles. The van der Waals surface area contributed by atoms with Crippen molar-refractivity contribution in [3.63, 3.8) is 0 Å². The van der Waals surface area contributed by atoms with Crippen molar-refractivity contribution in [2.24, 2.45) is 0 Å². The van der Waals surface area contributed by atoms with E-state index in [1.165, 1.54) is 5.56 Å². The molecule has 1 aromatic carbocycles. The molecule has 2 aromatic heterocycles. The molecule has 0 bridgehead atoms. The van der Waals surface area contributed by atoms with E-state index in [1.807, 2.05) is 54.3 Å². The summed E-state index contributed by atoms with van der Waals surface area (Å²) < 4.78 is 7.07. The summed E-state index contributed by atoms with van der Waals surface area (Å²) in [6.45, 7) is 3.90. The van der Waals surface area contributed by atoms with Gasteiger partial charge in [-0.1, -0.05) is 23.4 Å². The van der Waals surface area contributed by atoms with E-state index in [0.29, 0.717) is 11.7 Å². The number of aryl methyl sites for hydroxylation is 1. The van der Waals surface area contributed by atoms with E-state index in [0.717, 1.165) is 11.4 Å². The molecule has 2 heterocycles. The molecule has 0 aliphatic heterocycles. The molecule has 3 rings (SSSR count). The topological polar surface area (TPSA) is 56.7 Å². The molecule has 0 N–H and O–H groups in total. The Hall–Kier alpha value is -2.08. The molecule has 0 unspecified atom stereocenters. The predicted molar refractivity (Wildman–Crippen MR) is 82.3 cm³/mol. The number of benzene rings is 1. The molecule has 0 spiro atoms. The molecule has 0 radical (unpaired) electrons. The molecule has 5 nitrogen and oxygen atoms in total. The van der Waals surface area contributed by atoms with E-state index >= 15 is 0 Å². The standard InChI is InChI=1S/C15H16N4OS/c1-11(15-17-12(2)18-20-15)21-10-13-8-16-19(9-13)14-6-4-3-5-7-14/h3-9,11H,10H2,1-2H3/t11-/m1/s1. The molecule has 0 amide bonds. The van der Waals surface area contributed by atoms with Gasteiger partial charge in [0.05, 0.1) is 17.1 Å². The Morgan fingerprint density at radius 3 is 2.81 bits per heavy atom. The molecular formula is C15H16N4OS. The van der Waals surface area contributed by atoms with Crippen LogP contribution in [-0.4, -0.2) is 19.9 Å². The van der Waals surface area contributed by atoms with Crippen LogP contribution in [0.25, 0.3) is 5.69 Å². The van der Waals surface area contributed by atoms with Crippen LogP contribution in [0.2, 0.25) is 0 Å². The molecule has 108 valence electrons. The van der Waals surface area contributed by atoms with Crippen LogP contribution in [0.3, 0.4) is 0 Å². The summed E-state index contributed by atoms with van der Waals surface area (Å²) in [5.74, 6) is 2.21. The predicted octanol–water partition coefficient (Wildman–Crippen LogP) is 3.56. The third kappa shape index (κ3) is 3.33. The number of aromatic nitrogens is 4. The van der Waals surface area contributed by atoms with Gasteiger partial charge >= 0.3 is 0 Å². The summed E-state index contributed by atoms with van der Waals surface area (Å²) in [5.41, 5.74) is 2.24. The second kappa shape index (κ2) is 6.13. The van der Waals surface area contributed by atoms with Gasteiger partial charge in [0.25, 0.3) is 0 Å². The maximum Gasteiger partial charge on any atom is 0.239 e. The van der Waals surface area contributed by atoms with Gasteiger partial charge in [-0.2, -0.15) is 10.1 Å². The number of thioether (sulfide) groups is 1. The Balaban J connectivity index is 1.63. The lowest BCUT2D eigenvalue weighted by Crippen LogP contribution is -1.93. The molecule has 0 saturated heterocycles. The number of rotatable bonds is 5. The van der Waals surface area contributed by atoms with E-state index < -0.39 is 0 Å². The monoisotopic (exact) mass is 300 g/mol. The summed E-state index contributed by atoms with van der Waals surface area (Å²) in [7, 11) is 0. The second-order valence-electron chi connectivity index (χ2n) is 4.76. The third-order valence-electron chi connectivity index (χ3n) is 3.05. The van der Waals surface area contributed by atoms with Crippen molar-refractivity contribution < 1.29 is 4.52 Å². The van der Waals surface area contributed by atoms with E-state index in [-0.39, 0.29) is 5.25 Å². The quantitative estimate of drug-likeness (QED) is 0.721. The Labute approximate surface area is 127 Å². The molecule has 6 heteroatoms. The second-order valence-corrected chi connectivity index (χ2v) is 6.09. The minimum atomic E-state index is 0.172. The highest BCUT2D eigenvalue weighted by molar-refractivity contribution is 7.98. The van der Waals surface area contributed by atoms with Crippen LogP contribution in [0.4, 0.5) is 0 Å². The lowest BCUT2D eigenvalue weighted by atomic mass is 10.3. The average molecular weight is 300 g/mol. The van der Waals surface area contributed by atoms with Crippen LogP contribution in [0, 0.1) is 6.92 Å². The van der Waals surface area contributed by atoms with Gasteiger partial charge in [0, 0.05) is 17.5 Å². The van der Waals surface area contributed by atoms with E-state index in [9.17, 15) is 0 Å². The number of hydrogen-bond donors (Lipinski definition) is 0. The first-order chi connectivity index (χ1) is 10.2. The molecular weight excluding hydrogens is 284 g/mol. The van der Waals surface area contributed by atoms with Crippen LogP contribution >= 0.6 is 11.8 Å². The smallest absolute Gasteiger partial charge is 0.239 e. The van der Waals surface area contributed by atoms with Gasteiger partial charge in [0.2, 0.25) is 5.89 Å². The third-order valence-corrected chi connectivity index (χ3v) is 4.25. The van der Waals surface area contributed by atoms with Crippen LogP contribution in [0.15, 0.2) is 47.2 Å². The zero-order chi connectivity index (χ0) is 14.7. The van der Waals surface area contributed by atoms with Crippen molar-refractivity contribution in [1.82, 2.24) is 19.9 Å². The molecule has 3 aromatic rings. The molecule has 1 atom stereocenters. The van der Waals surface area contributed by atoms with E-state index in [1.54, 1.807) is 11.8 Å². The minimum Gasteiger partial charge on any atom is -0.338 e. The highest BCUT2D eigenvalue weighted by atomic mass is 32.2. The van der Waals surface area contributed by atoms with Gasteiger partial charge < -0.3 is 4.52 Å². The summed E-state index contributed by atoms with van der Waals surface area (Å²) >= 11 is 1.75. The highest BCUT2D eigenvalue weighted by Gasteiger charge is 2.13. The number of nitrogens with zero attached hydrogens (tertiary/aromatic N) is 4. The van der Waals surface area contributed by atoms with Crippen LogP contribution in [0.5, 0.6) is 0 Å². The minimum absolute atomic E-state index is 0.172. The first-order valence-corrected chi connectivity index (χ1v) is 7.78. The summed E-state index contributed by atoms with van der Waals surface area (Å²) in [5, 5.41) is 8.39. The van der Waals surface area contributed by atoms with Gasteiger partial charge in [0.1, 0.15) is 0 Å². The molecule has 0 fully saturated rings. The Morgan fingerprint density at radius 2 is 2.10 bits per heavy atom. The van der Waals surface area contributed by atoms with Gasteiger partial charge in [0.15, 0.2) is 5.82 Å². The van der Waals surface area contributed by atoms with Gasteiger partial charge in [-0.25, -0.2) is 4.68 Å². The summed E-state index contributed by atoms with van der Waals surface area (Å²) in [6.07, 6.45) is 3.94. The fraction of sp³-hybridized carbons (Fsp3) is 0.267. The van der Waals surface area contributed by atoms with Crippen molar-refractivity contribution in [3.05, 3.63) is 60.0 Å². The Morgan fingerprint density at radius 1 is 1.29 bits per heavy atom. The fourth-order valence-corrected chi connectivity index (χ4v) is 2.76. The zero-order valence-corrected chi connectivity index (χ0v) is 12.7. The molecule has 21 heavy (non-hydrogen) atoms. The van der Waals surface area contributed by atoms with E-state index in [2.05, 4.69) is 22.2 Å². The van der Waals surface area contributed by atoms with Crippen molar-refractivity contribution in [3.8, 4) is 5.69 Å². The lowest BCUT2D eigenvalue weighted by Gasteiger charge is -2.04. The molecule has 0 aliphatic rings. The molecule has 0 aliphatic carbocycles. The van der Waals surface area contributed by atoms with Crippen LogP contribution in [-0.2, 0) is 5.75 Å². The average Bonchev–Trinajstić information content (AvgIpc) is 3.15. The van der Waals surface area contributed by atoms with Crippen molar-refractivity contribution in [2.75, 3.05) is 0 Å². The fourth-order valence-electron chi connectivity index (χ4n) is 1.93. The van der Waals surface area contributed by atoms with Crippen LogP contribution < -0.4 is 0 Å². The zero-order valence-electron chi connectivity index (χ0n) is 11.9. The maximum absolute atomic E-state index is 5.19. The maximum atomic E-state index is 5.19. The van der Waals surface area contributed by atoms with Crippen LogP contribution in [0.1, 0.15) is 29.5 Å². The first kappa shape index (κ1) is 13.9.